The third-order valence-electron chi connectivity index (χ3n) is 11.3. The molecule has 3 amide bonds. The average Bonchev–Trinajstić information content (AvgIpc) is 3.20. The fourth-order valence-electron chi connectivity index (χ4n) is 7.98. The lowest BCUT2D eigenvalue weighted by atomic mass is 9.93. The Morgan fingerprint density at radius 3 is 2.34 bits per heavy atom. The molecule has 56 heavy (non-hydrogen) atoms. The number of nitrogens with one attached hydrogen (secondary N) is 3. The SMILES string of the molecule is C=C1CCC(NC(=O)c2ccc(N3CCN(CC4CCN(c5ccc(C(=O)NC6CCC(Oc7ccc(C#N)c(Cl)c7)CC6)nn5)CC4)CC3)cc2F)C(=O)N1. The first-order valence-electron chi connectivity index (χ1n) is 19.4. The molecule has 4 fully saturated rings. The number of nitrogens with zero attached hydrogens (tertiary/aromatic N) is 6. The summed E-state index contributed by atoms with van der Waals surface area (Å²) in [4.78, 5) is 44.7. The van der Waals surface area contributed by atoms with E-state index in [1.807, 2.05) is 6.07 Å². The Balaban J connectivity index is 0.800. The van der Waals surface area contributed by atoms with Crippen molar-refractivity contribution < 1.29 is 23.5 Å². The van der Waals surface area contributed by atoms with Crippen LogP contribution in [-0.4, -0.2) is 96.8 Å². The molecule has 3 aliphatic heterocycles. The second kappa shape index (κ2) is 17.7. The number of anilines is 2. The average molecular weight is 784 g/mol. The first-order chi connectivity index (χ1) is 27.1. The van der Waals surface area contributed by atoms with Crippen LogP contribution in [0.25, 0.3) is 0 Å². The van der Waals surface area contributed by atoms with Gasteiger partial charge in [-0.25, -0.2) is 4.39 Å². The van der Waals surface area contributed by atoms with E-state index in [2.05, 4.69) is 53.5 Å². The fourth-order valence-corrected chi connectivity index (χ4v) is 8.19. The normalized spacial score (nSPS) is 22.2. The molecule has 0 bridgehead atoms. The molecule has 4 heterocycles. The monoisotopic (exact) mass is 783 g/mol. The van der Waals surface area contributed by atoms with Gasteiger partial charge in [-0.1, -0.05) is 18.2 Å². The fraction of sp³-hybridized carbons (Fsp3) is 0.463. The van der Waals surface area contributed by atoms with Gasteiger partial charge in [0.25, 0.3) is 11.8 Å². The first kappa shape index (κ1) is 39.0. The van der Waals surface area contributed by atoms with Crippen LogP contribution in [0.4, 0.5) is 15.9 Å². The molecule has 1 aromatic heterocycles. The summed E-state index contributed by atoms with van der Waals surface area (Å²) >= 11 is 6.14. The number of amides is 3. The van der Waals surface area contributed by atoms with Crippen LogP contribution in [0.2, 0.25) is 5.02 Å². The van der Waals surface area contributed by atoms with Gasteiger partial charge in [-0.05, 0) is 99.7 Å². The van der Waals surface area contributed by atoms with Crippen molar-refractivity contribution in [3.05, 3.63) is 88.5 Å². The van der Waals surface area contributed by atoms with E-state index >= 15 is 4.39 Å². The molecule has 0 radical (unpaired) electrons. The van der Waals surface area contributed by atoms with E-state index in [0.717, 1.165) is 95.8 Å². The third-order valence-corrected chi connectivity index (χ3v) is 11.6. The summed E-state index contributed by atoms with van der Waals surface area (Å²) in [6.07, 6.45) is 6.24. The van der Waals surface area contributed by atoms with Crippen molar-refractivity contribution in [2.45, 2.75) is 69.6 Å². The van der Waals surface area contributed by atoms with Gasteiger partial charge in [-0.3, -0.25) is 19.3 Å². The number of benzene rings is 2. The highest BCUT2D eigenvalue weighted by Gasteiger charge is 2.29. The molecule has 15 heteroatoms. The summed E-state index contributed by atoms with van der Waals surface area (Å²) in [7, 11) is 0. The highest BCUT2D eigenvalue weighted by atomic mass is 35.5. The Hall–Kier alpha value is -5.26. The highest BCUT2D eigenvalue weighted by molar-refractivity contribution is 6.31. The summed E-state index contributed by atoms with van der Waals surface area (Å²) < 4.78 is 21.2. The number of nitriles is 1. The number of piperazine rings is 1. The van der Waals surface area contributed by atoms with Gasteiger partial charge in [0, 0.05) is 69.3 Å². The molecule has 3 saturated heterocycles. The maximum atomic E-state index is 15.1. The maximum absolute atomic E-state index is 15.1. The minimum Gasteiger partial charge on any atom is -0.490 e. The Kier molecular flexibility index (Phi) is 12.3. The molecule has 13 nitrogen and oxygen atoms in total. The van der Waals surface area contributed by atoms with Crippen LogP contribution in [0.1, 0.15) is 77.8 Å². The van der Waals surface area contributed by atoms with E-state index in [9.17, 15) is 14.4 Å². The van der Waals surface area contributed by atoms with E-state index in [1.165, 1.54) is 12.1 Å². The second-order valence-corrected chi connectivity index (χ2v) is 15.5. The smallest absolute Gasteiger partial charge is 0.272 e. The van der Waals surface area contributed by atoms with Crippen LogP contribution >= 0.6 is 11.6 Å². The minimum absolute atomic E-state index is 0.0211. The predicted octanol–water partition coefficient (Wildman–Crippen LogP) is 4.82. The molecule has 1 atom stereocenters. The number of rotatable bonds is 10. The number of ether oxygens (including phenoxy) is 1. The predicted molar refractivity (Wildman–Crippen MR) is 210 cm³/mol. The Morgan fingerprint density at radius 2 is 1.68 bits per heavy atom. The zero-order chi connectivity index (χ0) is 39.2. The summed E-state index contributed by atoms with van der Waals surface area (Å²) in [5, 5.41) is 26.5. The van der Waals surface area contributed by atoms with Crippen LogP contribution in [0.3, 0.4) is 0 Å². The maximum Gasteiger partial charge on any atom is 0.272 e. The van der Waals surface area contributed by atoms with E-state index < -0.39 is 17.8 Å². The number of piperidine rings is 2. The van der Waals surface area contributed by atoms with Crippen molar-refractivity contribution in [2.24, 2.45) is 5.92 Å². The molecular formula is C41H47ClFN9O4. The van der Waals surface area contributed by atoms with Gasteiger partial charge in [0.2, 0.25) is 5.91 Å². The number of aromatic nitrogens is 2. The van der Waals surface area contributed by atoms with Crippen molar-refractivity contribution in [3.63, 3.8) is 0 Å². The zero-order valence-corrected chi connectivity index (χ0v) is 32.1. The number of carbonyl (C=O) groups is 3. The van der Waals surface area contributed by atoms with Crippen molar-refractivity contribution in [1.29, 1.82) is 5.26 Å². The zero-order valence-electron chi connectivity index (χ0n) is 31.3. The number of allylic oxidation sites excluding steroid dienone is 1. The largest absolute Gasteiger partial charge is 0.490 e. The van der Waals surface area contributed by atoms with Crippen LogP contribution in [0, 0.1) is 23.1 Å². The molecular weight excluding hydrogens is 737 g/mol. The van der Waals surface area contributed by atoms with Gasteiger partial charge in [-0.15, -0.1) is 10.2 Å². The van der Waals surface area contributed by atoms with Gasteiger partial charge in [0.1, 0.15) is 23.7 Å². The lowest BCUT2D eigenvalue weighted by Crippen LogP contribution is -2.49. The summed E-state index contributed by atoms with van der Waals surface area (Å²) in [6.45, 7) is 9.73. The van der Waals surface area contributed by atoms with Gasteiger partial charge in [-0.2, -0.15) is 5.26 Å². The van der Waals surface area contributed by atoms with Gasteiger partial charge >= 0.3 is 0 Å². The molecule has 4 aliphatic rings. The number of hydrogen-bond acceptors (Lipinski definition) is 10. The number of hydrogen-bond donors (Lipinski definition) is 3. The third kappa shape index (κ3) is 9.57. The quantitative estimate of drug-likeness (QED) is 0.261. The Morgan fingerprint density at radius 1 is 0.911 bits per heavy atom. The molecule has 7 rings (SSSR count). The van der Waals surface area contributed by atoms with Crippen LogP contribution < -0.4 is 30.5 Å². The molecule has 3 aromatic rings. The lowest BCUT2D eigenvalue weighted by molar-refractivity contribution is -0.123. The van der Waals surface area contributed by atoms with Crippen molar-refractivity contribution in [1.82, 2.24) is 31.0 Å². The molecule has 3 N–H and O–H groups in total. The second-order valence-electron chi connectivity index (χ2n) is 15.1. The van der Waals surface area contributed by atoms with Gasteiger partial charge in [0.05, 0.1) is 22.3 Å². The molecule has 0 spiro atoms. The number of halogens is 2. The summed E-state index contributed by atoms with van der Waals surface area (Å²) in [6, 6.07) is 14.8. The molecule has 1 saturated carbocycles. The first-order valence-corrected chi connectivity index (χ1v) is 19.8. The standard InChI is InChI=1S/C41H47ClFN9O4/c1-26-2-11-36(40(54)45-26)47-39(53)33-10-6-30(22-35(33)43)51-20-18-50(19-21-51)25-27-14-16-52(17-15-27)38-13-12-37(48-49-38)41(55)46-29-4-8-31(9-5-29)56-32-7-3-28(24-44)34(42)23-32/h3,6-7,10,12-13,22-23,27,29,31,36H,1-2,4-5,8-9,11,14-21,25H2,(H,45,54)(H,46,55)(H,47,53). The van der Waals surface area contributed by atoms with Gasteiger partial charge in [0.15, 0.2) is 11.5 Å². The van der Waals surface area contributed by atoms with Crippen molar-refractivity contribution >= 4 is 40.8 Å². The summed E-state index contributed by atoms with van der Waals surface area (Å²) in [5.41, 5.74) is 2.00. The molecule has 294 valence electrons. The van der Waals surface area contributed by atoms with Crippen LogP contribution in [0.5, 0.6) is 5.75 Å². The van der Waals surface area contributed by atoms with E-state index in [-0.39, 0.29) is 29.5 Å². The summed E-state index contributed by atoms with van der Waals surface area (Å²) in [5.74, 6) is 0.205. The number of carbonyl (C=O) groups excluding carboxylic acids is 3. The molecule has 1 aliphatic carbocycles. The van der Waals surface area contributed by atoms with Gasteiger partial charge < -0.3 is 30.5 Å². The van der Waals surface area contributed by atoms with Crippen LogP contribution in [0.15, 0.2) is 60.8 Å². The van der Waals surface area contributed by atoms with Crippen molar-refractivity contribution in [3.8, 4) is 11.8 Å². The molecule has 1 unspecified atom stereocenters. The molecule has 2 aromatic carbocycles. The van der Waals surface area contributed by atoms with E-state index in [4.69, 9.17) is 21.6 Å². The van der Waals surface area contributed by atoms with E-state index in [1.54, 1.807) is 30.3 Å². The van der Waals surface area contributed by atoms with Crippen molar-refractivity contribution in [2.75, 3.05) is 55.6 Å². The van der Waals surface area contributed by atoms with Crippen LogP contribution in [-0.2, 0) is 4.79 Å². The Bertz CT molecular complexity index is 1970. The Labute approximate surface area is 331 Å². The highest BCUT2D eigenvalue weighted by Crippen LogP contribution is 2.28. The minimum atomic E-state index is -0.706. The topological polar surface area (TPSA) is 156 Å². The lowest BCUT2D eigenvalue weighted by Gasteiger charge is -2.39. The van der Waals surface area contributed by atoms with E-state index in [0.29, 0.717) is 46.5 Å².